The third-order valence-electron chi connectivity index (χ3n) is 3.12. The molecule has 2 aromatic rings. The van der Waals surface area contributed by atoms with Crippen molar-refractivity contribution in [1.82, 2.24) is 4.57 Å². The number of hydrogen-bond acceptors (Lipinski definition) is 2. The molecule has 0 saturated heterocycles. The van der Waals surface area contributed by atoms with E-state index in [0.717, 1.165) is 6.42 Å². The molecule has 0 N–H and O–H groups in total. The monoisotopic (exact) mass is 252 g/mol. The van der Waals surface area contributed by atoms with Crippen LogP contribution in [0, 0.1) is 17.2 Å². The van der Waals surface area contributed by atoms with Gasteiger partial charge in [-0.15, -0.1) is 0 Å². The number of rotatable bonds is 5. The van der Waals surface area contributed by atoms with E-state index >= 15 is 0 Å². The molecule has 0 amide bonds. The van der Waals surface area contributed by atoms with Crippen LogP contribution in [0.15, 0.2) is 54.9 Å². The van der Waals surface area contributed by atoms with Gasteiger partial charge in [-0.25, -0.2) is 0 Å². The minimum atomic E-state index is -0.227. The molecular formula is C16H16N2O. The molecule has 0 aliphatic carbocycles. The van der Waals surface area contributed by atoms with Gasteiger partial charge in [0.05, 0.1) is 12.0 Å². The Morgan fingerprint density at radius 2 is 1.84 bits per heavy atom. The minimum absolute atomic E-state index is 0.0235. The van der Waals surface area contributed by atoms with Gasteiger partial charge < -0.3 is 0 Å². The molecule has 0 aliphatic heterocycles. The van der Waals surface area contributed by atoms with Crippen LogP contribution in [0.1, 0.15) is 23.2 Å². The first-order valence-corrected chi connectivity index (χ1v) is 6.39. The molecule has 1 aromatic heterocycles. The molecule has 3 nitrogen and oxygen atoms in total. The van der Waals surface area contributed by atoms with E-state index in [9.17, 15) is 4.79 Å². The number of aromatic nitrogens is 1. The van der Waals surface area contributed by atoms with Crippen molar-refractivity contribution in [2.45, 2.75) is 19.3 Å². The van der Waals surface area contributed by atoms with Crippen LogP contribution in [0.25, 0.3) is 0 Å². The van der Waals surface area contributed by atoms with Crippen molar-refractivity contribution in [3.8, 4) is 6.07 Å². The van der Waals surface area contributed by atoms with Gasteiger partial charge in [-0.2, -0.15) is 5.26 Å². The Morgan fingerprint density at radius 3 is 2.47 bits per heavy atom. The van der Waals surface area contributed by atoms with E-state index in [4.69, 9.17) is 5.26 Å². The van der Waals surface area contributed by atoms with E-state index in [1.807, 2.05) is 42.5 Å². The van der Waals surface area contributed by atoms with Gasteiger partial charge in [0.25, 0.3) is 0 Å². The van der Waals surface area contributed by atoms with Crippen molar-refractivity contribution in [2.24, 2.45) is 5.92 Å². The molecule has 0 saturated carbocycles. The zero-order valence-corrected chi connectivity index (χ0v) is 10.7. The average Bonchev–Trinajstić information content (AvgIpc) is 2.98. The van der Waals surface area contributed by atoms with Gasteiger partial charge in [-0.1, -0.05) is 30.3 Å². The summed E-state index contributed by atoms with van der Waals surface area (Å²) in [6.07, 6.45) is 5.26. The Kier molecular flexibility index (Phi) is 4.52. The number of nitrogens with zero attached hydrogens (tertiary/aromatic N) is 2. The van der Waals surface area contributed by atoms with E-state index < -0.39 is 0 Å². The summed E-state index contributed by atoms with van der Waals surface area (Å²) in [6, 6.07) is 15.9. The van der Waals surface area contributed by atoms with E-state index in [-0.39, 0.29) is 18.2 Å². The van der Waals surface area contributed by atoms with Crippen LogP contribution in [-0.2, 0) is 6.42 Å². The quantitative estimate of drug-likeness (QED) is 0.819. The van der Waals surface area contributed by atoms with Gasteiger partial charge in [-0.05, 0) is 30.5 Å². The lowest BCUT2D eigenvalue weighted by Gasteiger charge is -2.08. The van der Waals surface area contributed by atoms with E-state index in [1.54, 1.807) is 12.4 Å². The van der Waals surface area contributed by atoms with Crippen LogP contribution < -0.4 is 0 Å². The van der Waals surface area contributed by atoms with Crippen molar-refractivity contribution >= 4 is 5.91 Å². The fourth-order valence-electron chi connectivity index (χ4n) is 2.01. The number of carbonyl (C=O) groups excluding carboxylic acids is 1. The van der Waals surface area contributed by atoms with Crippen molar-refractivity contribution in [3.05, 3.63) is 60.4 Å². The first kappa shape index (κ1) is 13.1. The zero-order chi connectivity index (χ0) is 13.5. The van der Waals surface area contributed by atoms with Gasteiger partial charge in [0.2, 0.25) is 5.91 Å². The molecule has 19 heavy (non-hydrogen) atoms. The normalized spacial score (nSPS) is 11.7. The van der Waals surface area contributed by atoms with Gasteiger partial charge in [0.1, 0.15) is 0 Å². The summed E-state index contributed by atoms with van der Waals surface area (Å²) in [6.45, 7) is 0. The predicted molar refractivity (Wildman–Crippen MR) is 73.5 cm³/mol. The molecule has 0 aliphatic rings. The van der Waals surface area contributed by atoms with Crippen LogP contribution in [0.4, 0.5) is 0 Å². The van der Waals surface area contributed by atoms with Gasteiger partial charge >= 0.3 is 0 Å². The van der Waals surface area contributed by atoms with Crippen molar-refractivity contribution in [3.63, 3.8) is 0 Å². The lowest BCUT2D eigenvalue weighted by atomic mass is 9.97. The Balaban J connectivity index is 1.87. The molecule has 1 heterocycles. The highest BCUT2D eigenvalue weighted by atomic mass is 16.1. The fraction of sp³-hybridized carbons (Fsp3) is 0.250. The van der Waals surface area contributed by atoms with Gasteiger partial charge in [0, 0.05) is 18.8 Å². The molecule has 0 bridgehead atoms. The Bertz CT molecular complexity index is 552. The number of aryl methyl sites for hydroxylation is 1. The topological polar surface area (TPSA) is 45.8 Å². The largest absolute Gasteiger partial charge is 0.295 e. The summed E-state index contributed by atoms with van der Waals surface area (Å²) in [5, 5.41) is 9.14. The molecule has 96 valence electrons. The fourth-order valence-corrected chi connectivity index (χ4v) is 2.01. The second-order valence-electron chi connectivity index (χ2n) is 4.54. The lowest BCUT2D eigenvalue weighted by molar-refractivity contribution is 0.0888. The van der Waals surface area contributed by atoms with Gasteiger partial charge in [0.15, 0.2) is 0 Å². The number of carbonyl (C=O) groups is 1. The maximum Gasteiger partial charge on any atom is 0.231 e. The highest BCUT2D eigenvalue weighted by molar-refractivity contribution is 5.79. The SMILES string of the molecule is N#CC(CCc1ccccc1)CC(=O)n1cccc1. The number of nitriles is 1. The first-order chi connectivity index (χ1) is 9.29. The van der Waals surface area contributed by atoms with Crippen molar-refractivity contribution in [1.29, 1.82) is 5.26 Å². The maximum atomic E-state index is 11.9. The van der Waals surface area contributed by atoms with E-state index in [0.29, 0.717) is 6.42 Å². The minimum Gasteiger partial charge on any atom is -0.295 e. The summed E-state index contributed by atoms with van der Waals surface area (Å²) >= 11 is 0. The summed E-state index contributed by atoms with van der Waals surface area (Å²) in [5.41, 5.74) is 1.20. The zero-order valence-electron chi connectivity index (χ0n) is 10.7. The van der Waals surface area contributed by atoms with E-state index in [1.165, 1.54) is 10.1 Å². The summed E-state index contributed by atoms with van der Waals surface area (Å²) in [4.78, 5) is 11.9. The Labute approximate surface area is 113 Å². The number of benzene rings is 1. The molecule has 2 rings (SSSR count). The van der Waals surface area contributed by atoms with Crippen LogP contribution >= 0.6 is 0 Å². The summed E-state index contributed by atoms with van der Waals surface area (Å²) in [7, 11) is 0. The summed E-state index contributed by atoms with van der Waals surface area (Å²) < 4.78 is 1.53. The predicted octanol–water partition coefficient (Wildman–Crippen LogP) is 3.29. The Hall–Kier alpha value is -2.34. The Morgan fingerprint density at radius 1 is 1.16 bits per heavy atom. The lowest BCUT2D eigenvalue weighted by Crippen LogP contribution is -2.13. The van der Waals surface area contributed by atoms with Crippen molar-refractivity contribution < 1.29 is 4.79 Å². The molecule has 0 spiro atoms. The van der Waals surface area contributed by atoms with Crippen LogP contribution in [0.2, 0.25) is 0 Å². The van der Waals surface area contributed by atoms with Crippen LogP contribution in [0.3, 0.4) is 0 Å². The smallest absolute Gasteiger partial charge is 0.231 e. The molecule has 1 unspecified atom stereocenters. The second kappa shape index (κ2) is 6.55. The first-order valence-electron chi connectivity index (χ1n) is 6.39. The number of hydrogen-bond donors (Lipinski definition) is 0. The molecule has 1 aromatic carbocycles. The summed E-state index contributed by atoms with van der Waals surface area (Å²) in [5.74, 6) is -0.250. The average molecular weight is 252 g/mol. The maximum absolute atomic E-state index is 11.9. The molecule has 0 fully saturated rings. The third-order valence-corrected chi connectivity index (χ3v) is 3.12. The third kappa shape index (κ3) is 3.82. The second-order valence-corrected chi connectivity index (χ2v) is 4.54. The van der Waals surface area contributed by atoms with Crippen LogP contribution in [-0.4, -0.2) is 10.5 Å². The van der Waals surface area contributed by atoms with Gasteiger partial charge in [-0.3, -0.25) is 9.36 Å². The van der Waals surface area contributed by atoms with Crippen LogP contribution in [0.5, 0.6) is 0 Å². The highest BCUT2D eigenvalue weighted by Gasteiger charge is 2.14. The molecule has 3 heteroatoms. The molecule has 1 atom stereocenters. The standard InChI is InChI=1S/C16H16N2O/c17-13-15(9-8-14-6-2-1-3-7-14)12-16(19)18-10-4-5-11-18/h1-7,10-11,15H,8-9,12H2. The van der Waals surface area contributed by atoms with E-state index in [2.05, 4.69) is 6.07 Å². The molecular weight excluding hydrogens is 236 g/mol. The molecule has 0 radical (unpaired) electrons. The van der Waals surface area contributed by atoms with Crippen molar-refractivity contribution in [2.75, 3.05) is 0 Å². The highest BCUT2D eigenvalue weighted by Crippen LogP contribution is 2.14.